The summed E-state index contributed by atoms with van der Waals surface area (Å²) in [6.45, 7) is 5.46. The molecule has 4 nitrogen and oxygen atoms in total. The Morgan fingerprint density at radius 3 is 2.68 bits per heavy atom. The number of carbonyl (C=O) groups is 1. The lowest BCUT2D eigenvalue weighted by Crippen LogP contribution is -2.39. The van der Waals surface area contributed by atoms with Gasteiger partial charge in [0.25, 0.3) is 5.91 Å². The molecule has 0 aromatic heterocycles. The van der Waals surface area contributed by atoms with Gasteiger partial charge in [-0.2, -0.15) is 11.8 Å². The zero-order valence-corrected chi connectivity index (χ0v) is 18.2. The number of hydrogen-bond donors (Lipinski definition) is 1. The lowest BCUT2D eigenvalue weighted by molar-refractivity contribution is -0.133. The highest BCUT2D eigenvalue weighted by Crippen LogP contribution is 2.49. The lowest BCUT2D eigenvalue weighted by Gasteiger charge is -2.31. The van der Waals surface area contributed by atoms with Gasteiger partial charge in [-0.3, -0.25) is 4.79 Å². The number of likely N-dealkylation sites (N-methyl/N-ethyl adjacent to an activating group) is 1. The van der Waals surface area contributed by atoms with Crippen molar-refractivity contribution in [3.8, 4) is 11.5 Å². The molecular formula is C23H35NO3S. The number of aromatic hydroxyl groups is 1. The molecule has 2 fully saturated rings. The van der Waals surface area contributed by atoms with Crippen molar-refractivity contribution in [2.24, 2.45) is 5.41 Å². The Bertz CT molecular complexity index is 655. The van der Waals surface area contributed by atoms with Gasteiger partial charge in [-0.15, -0.1) is 0 Å². The summed E-state index contributed by atoms with van der Waals surface area (Å²) in [4.78, 5) is 14.6. The van der Waals surface area contributed by atoms with Gasteiger partial charge in [0.2, 0.25) is 0 Å². The highest BCUT2D eigenvalue weighted by molar-refractivity contribution is 8.00. The highest BCUT2D eigenvalue weighted by Gasteiger charge is 2.39. The van der Waals surface area contributed by atoms with Crippen molar-refractivity contribution in [2.45, 2.75) is 70.5 Å². The molecule has 1 saturated carbocycles. The van der Waals surface area contributed by atoms with E-state index in [9.17, 15) is 9.90 Å². The summed E-state index contributed by atoms with van der Waals surface area (Å²) in [6, 6.07) is 5.20. The minimum absolute atomic E-state index is 0.00243. The molecule has 1 spiro atoms. The summed E-state index contributed by atoms with van der Waals surface area (Å²) in [5, 5.41) is 10.4. The van der Waals surface area contributed by atoms with Crippen LogP contribution in [0.1, 0.15) is 63.9 Å². The Hall–Kier alpha value is -1.36. The lowest BCUT2D eigenvalue weighted by atomic mass is 9.75. The number of benzene rings is 1. The molecule has 2 aliphatic rings. The van der Waals surface area contributed by atoms with Crippen LogP contribution in [0, 0.1) is 12.3 Å². The van der Waals surface area contributed by atoms with Crippen LogP contribution in [0.5, 0.6) is 11.5 Å². The van der Waals surface area contributed by atoms with Gasteiger partial charge in [-0.1, -0.05) is 38.2 Å². The van der Waals surface area contributed by atoms with Crippen molar-refractivity contribution in [3.63, 3.8) is 0 Å². The monoisotopic (exact) mass is 405 g/mol. The van der Waals surface area contributed by atoms with Gasteiger partial charge in [-0.05, 0) is 62.0 Å². The van der Waals surface area contributed by atoms with E-state index in [1.165, 1.54) is 57.1 Å². The summed E-state index contributed by atoms with van der Waals surface area (Å²) in [5.74, 6) is 1.73. The van der Waals surface area contributed by atoms with E-state index in [-0.39, 0.29) is 18.3 Å². The van der Waals surface area contributed by atoms with Crippen molar-refractivity contribution < 1.29 is 14.6 Å². The van der Waals surface area contributed by atoms with Crippen LogP contribution >= 0.6 is 11.8 Å². The maximum Gasteiger partial charge on any atom is 0.260 e. The molecule has 0 bridgehead atoms. The number of phenolic OH excluding ortho intramolecular Hbond substituents is 1. The molecule has 1 N–H and O–H groups in total. The second-order valence-electron chi connectivity index (χ2n) is 8.60. The normalized spacial score (nSPS) is 21.9. The quantitative estimate of drug-likeness (QED) is 0.710. The number of nitrogens with zero attached hydrogens (tertiary/aromatic N) is 1. The fourth-order valence-electron chi connectivity index (χ4n) is 4.64. The Morgan fingerprint density at radius 1 is 1.25 bits per heavy atom. The van der Waals surface area contributed by atoms with Gasteiger partial charge in [0.1, 0.15) is 0 Å². The van der Waals surface area contributed by atoms with E-state index in [0.29, 0.717) is 23.0 Å². The van der Waals surface area contributed by atoms with E-state index < -0.39 is 0 Å². The summed E-state index contributed by atoms with van der Waals surface area (Å²) in [6.07, 6.45) is 10.9. The molecule has 1 saturated heterocycles. The van der Waals surface area contributed by atoms with Gasteiger partial charge in [0, 0.05) is 18.3 Å². The first-order chi connectivity index (χ1) is 13.5. The maximum absolute atomic E-state index is 12.7. The molecular weight excluding hydrogens is 370 g/mol. The summed E-state index contributed by atoms with van der Waals surface area (Å²) in [7, 11) is 0. The van der Waals surface area contributed by atoms with Crippen molar-refractivity contribution in [2.75, 3.05) is 25.4 Å². The van der Waals surface area contributed by atoms with E-state index >= 15 is 0 Å². The van der Waals surface area contributed by atoms with Crippen LogP contribution in [0.25, 0.3) is 0 Å². The molecule has 0 radical (unpaired) electrons. The van der Waals surface area contributed by atoms with E-state index in [2.05, 4.69) is 11.8 Å². The van der Waals surface area contributed by atoms with E-state index in [1.54, 1.807) is 12.1 Å². The second-order valence-corrected chi connectivity index (χ2v) is 9.89. The molecule has 1 aliphatic carbocycles. The molecule has 5 heteroatoms. The van der Waals surface area contributed by atoms with Gasteiger partial charge in [0.15, 0.2) is 18.1 Å². The van der Waals surface area contributed by atoms with E-state index in [1.807, 2.05) is 24.8 Å². The average molecular weight is 406 g/mol. The Labute approximate surface area is 174 Å². The Morgan fingerprint density at radius 2 is 1.96 bits per heavy atom. The molecule has 1 aliphatic heterocycles. The molecule has 1 aromatic rings. The molecule has 1 unspecified atom stereocenters. The van der Waals surface area contributed by atoms with Crippen molar-refractivity contribution in [1.29, 1.82) is 0 Å². The SMILES string of the molecule is CCN(CC1CC2(CCCCCCC2)CS1)C(=O)COc1cc(C)ccc1O. The first-order valence-electron chi connectivity index (χ1n) is 10.8. The van der Waals surface area contributed by atoms with Crippen LogP contribution in [0.15, 0.2) is 18.2 Å². The number of rotatable bonds is 6. The number of thioether (sulfide) groups is 1. The maximum atomic E-state index is 12.7. The molecule has 1 heterocycles. The van der Waals surface area contributed by atoms with Gasteiger partial charge < -0.3 is 14.7 Å². The van der Waals surface area contributed by atoms with Crippen LogP contribution in [-0.2, 0) is 4.79 Å². The van der Waals surface area contributed by atoms with E-state index in [4.69, 9.17) is 4.74 Å². The fraction of sp³-hybridized carbons (Fsp3) is 0.696. The standard InChI is InChI=1S/C23H35NO3S/c1-3-24(22(26)16-27-21-13-18(2)9-10-20(21)25)15-19-14-23(17-28-19)11-7-5-4-6-8-12-23/h9-10,13,19,25H,3-8,11-12,14-17H2,1-2H3. The minimum atomic E-state index is -0.0205. The summed E-state index contributed by atoms with van der Waals surface area (Å²) < 4.78 is 5.62. The summed E-state index contributed by atoms with van der Waals surface area (Å²) in [5.41, 5.74) is 1.52. The Balaban J connectivity index is 1.52. The predicted molar refractivity (Wildman–Crippen MR) is 116 cm³/mol. The molecule has 1 atom stereocenters. The predicted octanol–water partition coefficient (Wildman–Crippen LogP) is 5.16. The largest absolute Gasteiger partial charge is 0.504 e. The van der Waals surface area contributed by atoms with Gasteiger partial charge in [0.05, 0.1) is 0 Å². The third-order valence-electron chi connectivity index (χ3n) is 6.33. The zero-order chi connectivity index (χ0) is 20.0. The third kappa shape index (κ3) is 5.59. The van der Waals surface area contributed by atoms with E-state index in [0.717, 1.165) is 12.1 Å². The van der Waals surface area contributed by atoms with Crippen molar-refractivity contribution in [1.82, 2.24) is 4.90 Å². The first kappa shape index (κ1) is 21.4. The number of ether oxygens (including phenoxy) is 1. The zero-order valence-electron chi connectivity index (χ0n) is 17.4. The van der Waals surface area contributed by atoms with Crippen molar-refractivity contribution in [3.05, 3.63) is 23.8 Å². The molecule has 156 valence electrons. The highest BCUT2D eigenvalue weighted by atomic mass is 32.2. The van der Waals surface area contributed by atoms with Crippen LogP contribution in [-0.4, -0.2) is 46.6 Å². The average Bonchev–Trinajstić information content (AvgIpc) is 3.07. The number of phenols is 1. The molecule has 3 rings (SSSR count). The summed E-state index contributed by atoms with van der Waals surface area (Å²) >= 11 is 2.07. The minimum Gasteiger partial charge on any atom is -0.504 e. The molecule has 1 aromatic carbocycles. The van der Waals surface area contributed by atoms with Crippen LogP contribution < -0.4 is 4.74 Å². The number of carbonyl (C=O) groups excluding carboxylic acids is 1. The number of aryl methyl sites for hydroxylation is 1. The first-order valence-corrected chi connectivity index (χ1v) is 11.9. The van der Waals surface area contributed by atoms with Gasteiger partial charge in [-0.25, -0.2) is 0 Å². The van der Waals surface area contributed by atoms with Crippen LogP contribution in [0.2, 0.25) is 0 Å². The fourth-order valence-corrected chi connectivity index (χ4v) is 6.39. The van der Waals surface area contributed by atoms with Crippen LogP contribution in [0.4, 0.5) is 0 Å². The number of hydrogen-bond acceptors (Lipinski definition) is 4. The van der Waals surface area contributed by atoms with Gasteiger partial charge >= 0.3 is 0 Å². The Kier molecular flexibility index (Phi) is 7.55. The van der Waals surface area contributed by atoms with Crippen LogP contribution in [0.3, 0.4) is 0 Å². The smallest absolute Gasteiger partial charge is 0.260 e. The molecule has 1 amide bonds. The third-order valence-corrected chi connectivity index (χ3v) is 7.89. The number of amides is 1. The topological polar surface area (TPSA) is 49.8 Å². The van der Waals surface area contributed by atoms with Crippen molar-refractivity contribution >= 4 is 17.7 Å². The molecule has 28 heavy (non-hydrogen) atoms. The second kappa shape index (κ2) is 9.91.